The van der Waals surface area contributed by atoms with Gasteiger partial charge in [-0.3, -0.25) is 0 Å². The average Bonchev–Trinajstić information content (AvgIpc) is 2.44. The fourth-order valence-corrected chi connectivity index (χ4v) is 3.77. The molecule has 2 rings (SSSR count). The number of rotatable bonds is 5. The lowest BCUT2D eigenvalue weighted by Gasteiger charge is -2.34. The van der Waals surface area contributed by atoms with Gasteiger partial charge in [0.05, 0.1) is 19.3 Å². The van der Waals surface area contributed by atoms with Crippen LogP contribution in [0.25, 0.3) is 0 Å². The molecule has 7 heteroatoms. The normalized spacial score (nSPS) is 24.0. The van der Waals surface area contributed by atoms with Gasteiger partial charge in [-0.15, -0.1) is 0 Å². The number of morpholine rings is 1. The molecule has 2 atom stereocenters. The van der Waals surface area contributed by atoms with Crippen molar-refractivity contribution >= 4 is 10.2 Å². The monoisotopic (exact) mass is 314 g/mol. The Morgan fingerprint density at radius 2 is 1.90 bits per heavy atom. The van der Waals surface area contributed by atoms with Gasteiger partial charge in [0.2, 0.25) is 0 Å². The second kappa shape index (κ2) is 6.74. The highest BCUT2D eigenvalue weighted by molar-refractivity contribution is 7.87. The Morgan fingerprint density at radius 1 is 1.29 bits per heavy atom. The van der Waals surface area contributed by atoms with Crippen LogP contribution in [0.1, 0.15) is 19.4 Å². The summed E-state index contributed by atoms with van der Waals surface area (Å²) < 4.78 is 39.6. The minimum Gasteiger partial charge on any atom is -0.496 e. The van der Waals surface area contributed by atoms with Crippen molar-refractivity contribution in [1.29, 1.82) is 0 Å². The first-order chi connectivity index (χ1) is 9.92. The molecule has 2 unspecified atom stereocenters. The van der Waals surface area contributed by atoms with Gasteiger partial charge in [-0.25, -0.2) is 0 Å². The fourth-order valence-electron chi connectivity index (χ4n) is 2.44. The number of benzene rings is 1. The molecule has 1 N–H and O–H groups in total. The highest BCUT2D eigenvalue weighted by atomic mass is 32.2. The molecule has 21 heavy (non-hydrogen) atoms. The molecule has 0 aromatic heterocycles. The minimum absolute atomic E-state index is 0.100. The van der Waals surface area contributed by atoms with E-state index in [0.29, 0.717) is 18.8 Å². The van der Waals surface area contributed by atoms with Gasteiger partial charge in [-0.05, 0) is 19.9 Å². The summed E-state index contributed by atoms with van der Waals surface area (Å²) in [6, 6.07) is 7.35. The Morgan fingerprint density at radius 3 is 2.52 bits per heavy atom. The molecule has 0 bridgehead atoms. The van der Waals surface area contributed by atoms with E-state index in [4.69, 9.17) is 9.47 Å². The largest absolute Gasteiger partial charge is 0.496 e. The third-order valence-electron chi connectivity index (χ3n) is 3.36. The predicted octanol–water partition coefficient (Wildman–Crippen LogP) is 1.14. The van der Waals surface area contributed by atoms with E-state index in [9.17, 15) is 8.42 Å². The molecule has 0 aliphatic carbocycles. The smallest absolute Gasteiger partial charge is 0.279 e. The molecule has 0 radical (unpaired) electrons. The van der Waals surface area contributed by atoms with Gasteiger partial charge in [0.25, 0.3) is 10.2 Å². The Kier molecular flexibility index (Phi) is 5.21. The lowest BCUT2D eigenvalue weighted by molar-refractivity contribution is -0.0444. The maximum absolute atomic E-state index is 12.4. The Labute approximate surface area is 126 Å². The molecule has 1 aromatic carbocycles. The number of hydrogen-bond donors (Lipinski definition) is 1. The number of hydrogen-bond acceptors (Lipinski definition) is 4. The Bertz CT molecular complexity index is 566. The van der Waals surface area contributed by atoms with Gasteiger partial charge in [-0.1, -0.05) is 18.2 Å². The molecule has 0 spiro atoms. The van der Waals surface area contributed by atoms with Crippen molar-refractivity contribution in [2.75, 3.05) is 20.2 Å². The van der Waals surface area contributed by atoms with Crippen LogP contribution >= 0.6 is 0 Å². The van der Waals surface area contributed by atoms with E-state index < -0.39 is 10.2 Å². The molecule has 6 nitrogen and oxygen atoms in total. The third-order valence-corrected chi connectivity index (χ3v) is 4.85. The van der Waals surface area contributed by atoms with Crippen molar-refractivity contribution in [2.45, 2.75) is 32.6 Å². The van der Waals surface area contributed by atoms with E-state index in [-0.39, 0.29) is 18.8 Å². The summed E-state index contributed by atoms with van der Waals surface area (Å²) in [5.74, 6) is 0.670. The van der Waals surface area contributed by atoms with Crippen molar-refractivity contribution in [3.8, 4) is 5.75 Å². The molecule has 0 amide bonds. The van der Waals surface area contributed by atoms with Crippen molar-refractivity contribution in [3.05, 3.63) is 29.8 Å². The molecule has 1 aliphatic rings. The molecule has 118 valence electrons. The van der Waals surface area contributed by atoms with Crippen LogP contribution in [0.5, 0.6) is 5.75 Å². The van der Waals surface area contributed by atoms with E-state index in [2.05, 4.69) is 4.72 Å². The first kappa shape index (κ1) is 16.2. The fraction of sp³-hybridized carbons (Fsp3) is 0.571. The Hall–Kier alpha value is -1.15. The summed E-state index contributed by atoms with van der Waals surface area (Å²) in [6.07, 6.45) is -0.201. The van der Waals surface area contributed by atoms with Crippen LogP contribution in [0, 0.1) is 0 Å². The van der Waals surface area contributed by atoms with Crippen LogP contribution in [-0.2, 0) is 21.5 Å². The Balaban J connectivity index is 2.04. The lowest BCUT2D eigenvalue weighted by atomic mass is 10.2. The number of methoxy groups -OCH3 is 1. The zero-order chi connectivity index (χ0) is 15.5. The second-order valence-electron chi connectivity index (χ2n) is 5.21. The van der Waals surface area contributed by atoms with Crippen LogP contribution in [0.4, 0.5) is 0 Å². The summed E-state index contributed by atoms with van der Waals surface area (Å²) in [7, 11) is -1.96. The van der Waals surface area contributed by atoms with Crippen LogP contribution < -0.4 is 9.46 Å². The molecule has 1 fully saturated rings. The number of ether oxygens (including phenoxy) is 2. The predicted molar refractivity (Wildman–Crippen MR) is 80.3 cm³/mol. The van der Waals surface area contributed by atoms with Crippen LogP contribution in [-0.4, -0.2) is 45.1 Å². The van der Waals surface area contributed by atoms with Crippen molar-refractivity contribution in [3.63, 3.8) is 0 Å². The number of nitrogens with zero attached hydrogens (tertiary/aromatic N) is 1. The molecular weight excluding hydrogens is 292 g/mol. The van der Waals surface area contributed by atoms with E-state index in [1.54, 1.807) is 7.11 Å². The lowest BCUT2D eigenvalue weighted by Crippen LogP contribution is -2.51. The average molecular weight is 314 g/mol. The van der Waals surface area contributed by atoms with Crippen LogP contribution in [0.3, 0.4) is 0 Å². The van der Waals surface area contributed by atoms with Gasteiger partial charge in [0.1, 0.15) is 5.75 Å². The van der Waals surface area contributed by atoms with E-state index in [1.807, 2.05) is 38.1 Å². The second-order valence-corrected chi connectivity index (χ2v) is 6.97. The summed E-state index contributed by atoms with van der Waals surface area (Å²) >= 11 is 0. The summed E-state index contributed by atoms with van der Waals surface area (Å²) in [5, 5.41) is 0. The SMILES string of the molecule is COc1ccccc1CNS(=O)(=O)N1CC(C)OC(C)C1. The summed E-state index contributed by atoms with van der Waals surface area (Å²) in [6.45, 7) is 4.68. The first-order valence-electron chi connectivity index (χ1n) is 6.94. The molecule has 0 saturated carbocycles. The van der Waals surface area contributed by atoms with Crippen LogP contribution in [0.2, 0.25) is 0 Å². The van der Waals surface area contributed by atoms with Gasteiger partial charge < -0.3 is 9.47 Å². The maximum Gasteiger partial charge on any atom is 0.279 e. The van der Waals surface area contributed by atoms with Gasteiger partial charge in [0.15, 0.2) is 0 Å². The molecule has 1 aliphatic heterocycles. The standard InChI is InChI=1S/C14H22N2O4S/c1-11-9-16(10-12(2)20-11)21(17,18)15-8-13-6-4-5-7-14(13)19-3/h4-7,11-12,15H,8-10H2,1-3H3. The molecule has 1 saturated heterocycles. The van der Waals surface area contributed by atoms with Gasteiger partial charge in [-0.2, -0.15) is 17.4 Å². The first-order valence-corrected chi connectivity index (χ1v) is 8.38. The van der Waals surface area contributed by atoms with E-state index in [0.717, 1.165) is 5.56 Å². The zero-order valence-electron chi connectivity index (χ0n) is 12.6. The highest BCUT2D eigenvalue weighted by Gasteiger charge is 2.30. The summed E-state index contributed by atoms with van der Waals surface area (Å²) in [5.41, 5.74) is 0.804. The van der Waals surface area contributed by atoms with Gasteiger partial charge >= 0.3 is 0 Å². The third kappa shape index (κ3) is 4.16. The van der Waals surface area contributed by atoms with Crippen molar-refractivity contribution in [1.82, 2.24) is 9.03 Å². The molecule has 1 aromatic rings. The van der Waals surface area contributed by atoms with E-state index >= 15 is 0 Å². The van der Waals surface area contributed by atoms with Crippen molar-refractivity contribution in [2.24, 2.45) is 0 Å². The quantitative estimate of drug-likeness (QED) is 0.885. The minimum atomic E-state index is -3.52. The van der Waals surface area contributed by atoms with Crippen molar-refractivity contribution < 1.29 is 17.9 Å². The maximum atomic E-state index is 12.4. The van der Waals surface area contributed by atoms with Gasteiger partial charge in [0, 0.05) is 25.2 Å². The highest BCUT2D eigenvalue weighted by Crippen LogP contribution is 2.18. The number of para-hydroxylation sites is 1. The summed E-state index contributed by atoms with van der Waals surface area (Å²) in [4.78, 5) is 0. The molecule has 1 heterocycles. The topological polar surface area (TPSA) is 67.9 Å². The molecular formula is C14H22N2O4S. The van der Waals surface area contributed by atoms with E-state index in [1.165, 1.54) is 4.31 Å². The van der Waals surface area contributed by atoms with Crippen LogP contribution in [0.15, 0.2) is 24.3 Å². The zero-order valence-corrected chi connectivity index (χ0v) is 13.4. The number of nitrogens with one attached hydrogen (secondary N) is 1.